The zero-order valence-electron chi connectivity index (χ0n) is 19.9. The summed E-state index contributed by atoms with van der Waals surface area (Å²) in [5.41, 5.74) is 5.61. The molecule has 0 unspecified atom stereocenters. The maximum atomic E-state index is 6.09. The van der Waals surface area contributed by atoms with Gasteiger partial charge in [-0.2, -0.15) is 0 Å². The van der Waals surface area contributed by atoms with E-state index in [9.17, 15) is 0 Å². The number of nitrogens with zero attached hydrogens (tertiary/aromatic N) is 4. The molecule has 1 saturated heterocycles. The number of benzene rings is 2. The summed E-state index contributed by atoms with van der Waals surface area (Å²) in [5.74, 6) is 0.908. The third-order valence-electron chi connectivity index (χ3n) is 6.78. The minimum absolute atomic E-state index is 0.736. The lowest BCUT2D eigenvalue weighted by Crippen LogP contribution is -2.44. The number of para-hydroxylation sites is 1. The molecule has 6 heteroatoms. The molecule has 0 amide bonds. The van der Waals surface area contributed by atoms with Crippen LogP contribution >= 0.6 is 11.6 Å². The van der Waals surface area contributed by atoms with Crippen LogP contribution in [0.1, 0.15) is 6.42 Å². The molecule has 1 fully saturated rings. The first-order chi connectivity index (χ1) is 16.6. The Morgan fingerprint density at radius 3 is 2.44 bits per heavy atom. The number of aryl methyl sites for hydroxylation is 1. The minimum atomic E-state index is 0.736. The van der Waals surface area contributed by atoms with Crippen LogP contribution in [0.5, 0.6) is 5.75 Å². The number of hydrogen-bond donors (Lipinski definition) is 0. The molecule has 0 aliphatic carbocycles. The summed E-state index contributed by atoms with van der Waals surface area (Å²) in [7, 11) is 3.95. The van der Waals surface area contributed by atoms with Gasteiger partial charge >= 0.3 is 0 Å². The van der Waals surface area contributed by atoms with Crippen molar-refractivity contribution in [1.82, 2.24) is 19.4 Å². The number of piperazine rings is 1. The van der Waals surface area contributed by atoms with Gasteiger partial charge in [0.2, 0.25) is 0 Å². The molecule has 5 nitrogen and oxygen atoms in total. The monoisotopic (exact) mass is 474 g/mol. The van der Waals surface area contributed by atoms with Gasteiger partial charge in [0.1, 0.15) is 5.75 Å². The van der Waals surface area contributed by atoms with Gasteiger partial charge in [-0.3, -0.25) is 4.98 Å². The minimum Gasteiger partial charge on any atom is -0.495 e. The molecule has 5 rings (SSSR count). The van der Waals surface area contributed by atoms with Crippen LogP contribution in [0.3, 0.4) is 0 Å². The summed E-state index contributed by atoms with van der Waals surface area (Å²) in [6.45, 7) is 6.68. The SMILES string of the molecule is COc1cccc2c(-c3cncc(-c4ccc(Cl)cc4)c3)cn(CCCN3CCN(C)CC3)c12. The third-order valence-corrected chi connectivity index (χ3v) is 7.03. The highest BCUT2D eigenvalue weighted by atomic mass is 35.5. The van der Waals surface area contributed by atoms with E-state index in [2.05, 4.69) is 50.8 Å². The maximum Gasteiger partial charge on any atom is 0.143 e. The van der Waals surface area contributed by atoms with Crippen molar-refractivity contribution in [3.05, 3.63) is 72.1 Å². The molecule has 2 aromatic carbocycles. The number of aromatic nitrogens is 2. The van der Waals surface area contributed by atoms with Gasteiger partial charge in [0, 0.05) is 78.4 Å². The second-order valence-electron chi connectivity index (χ2n) is 9.06. The largest absolute Gasteiger partial charge is 0.495 e. The fourth-order valence-electron chi connectivity index (χ4n) is 4.82. The quantitative estimate of drug-likeness (QED) is 0.345. The summed E-state index contributed by atoms with van der Waals surface area (Å²) in [6, 6.07) is 16.4. The Balaban J connectivity index is 1.45. The van der Waals surface area contributed by atoms with Gasteiger partial charge in [0.05, 0.1) is 12.6 Å². The maximum absolute atomic E-state index is 6.09. The van der Waals surface area contributed by atoms with Crippen molar-refractivity contribution in [1.29, 1.82) is 0 Å². The predicted octanol–water partition coefficient (Wildman–Crippen LogP) is 5.67. The van der Waals surface area contributed by atoms with E-state index in [1.807, 2.05) is 42.7 Å². The van der Waals surface area contributed by atoms with E-state index in [1.54, 1.807) is 7.11 Å². The fraction of sp³-hybridized carbons (Fsp3) is 0.321. The first-order valence-corrected chi connectivity index (χ1v) is 12.3. The van der Waals surface area contributed by atoms with Crippen LogP contribution in [0.25, 0.3) is 33.2 Å². The van der Waals surface area contributed by atoms with E-state index < -0.39 is 0 Å². The lowest BCUT2D eigenvalue weighted by atomic mass is 10.0. The average molecular weight is 475 g/mol. The first kappa shape index (κ1) is 22.9. The molecule has 0 atom stereocenters. The summed E-state index contributed by atoms with van der Waals surface area (Å²) in [5, 5.41) is 1.92. The molecular formula is C28H31ClN4O. The van der Waals surface area contributed by atoms with Gasteiger partial charge in [0.25, 0.3) is 0 Å². The summed E-state index contributed by atoms with van der Waals surface area (Å²) in [4.78, 5) is 9.54. The van der Waals surface area contributed by atoms with E-state index in [1.165, 1.54) is 10.9 Å². The van der Waals surface area contributed by atoms with Crippen molar-refractivity contribution in [2.24, 2.45) is 0 Å². The molecule has 0 saturated carbocycles. The standard InChI is InChI=1S/C28H31ClN4O/c1-31-13-15-32(16-14-31)11-4-12-33-20-26(25-5-3-6-27(34-2)28(25)33)23-17-22(18-30-19-23)21-7-9-24(29)10-8-21/h3,5-10,17-20H,4,11-16H2,1-2H3. The number of pyridine rings is 1. The number of hydrogen-bond acceptors (Lipinski definition) is 4. The lowest BCUT2D eigenvalue weighted by molar-refractivity contribution is 0.151. The number of rotatable bonds is 7. The molecule has 0 radical (unpaired) electrons. The summed E-state index contributed by atoms with van der Waals surface area (Å²) >= 11 is 6.09. The number of ether oxygens (including phenoxy) is 1. The van der Waals surface area contributed by atoms with Crippen molar-refractivity contribution in [2.45, 2.75) is 13.0 Å². The number of likely N-dealkylation sites (N-methyl/N-ethyl adjacent to an activating group) is 1. The highest BCUT2D eigenvalue weighted by Crippen LogP contribution is 2.37. The normalized spacial score (nSPS) is 15.1. The second-order valence-corrected chi connectivity index (χ2v) is 9.50. The molecule has 0 N–H and O–H groups in total. The van der Waals surface area contributed by atoms with Crippen molar-refractivity contribution >= 4 is 22.5 Å². The van der Waals surface area contributed by atoms with Crippen molar-refractivity contribution in [3.63, 3.8) is 0 Å². The van der Waals surface area contributed by atoms with Gasteiger partial charge in [-0.05, 0) is 49.8 Å². The van der Waals surface area contributed by atoms with Gasteiger partial charge in [-0.25, -0.2) is 0 Å². The van der Waals surface area contributed by atoms with Crippen LogP contribution in [0.4, 0.5) is 0 Å². The smallest absolute Gasteiger partial charge is 0.143 e. The molecule has 1 aliphatic rings. The zero-order valence-corrected chi connectivity index (χ0v) is 20.6. The van der Waals surface area contributed by atoms with Gasteiger partial charge in [-0.15, -0.1) is 0 Å². The van der Waals surface area contributed by atoms with Crippen molar-refractivity contribution in [3.8, 4) is 28.0 Å². The Kier molecular flexibility index (Phi) is 6.86. The van der Waals surface area contributed by atoms with E-state index in [4.69, 9.17) is 16.3 Å². The Hall–Kier alpha value is -2.86. The Labute approximate surface area is 206 Å². The molecule has 0 spiro atoms. The number of halogens is 1. The van der Waals surface area contributed by atoms with Crippen LogP contribution in [0.2, 0.25) is 5.02 Å². The van der Waals surface area contributed by atoms with E-state index in [-0.39, 0.29) is 0 Å². The van der Waals surface area contributed by atoms with Gasteiger partial charge < -0.3 is 19.1 Å². The predicted molar refractivity (Wildman–Crippen MR) is 141 cm³/mol. The van der Waals surface area contributed by atoms with Crippen molar-refractivity contribution < 1.29 is 4.74 Å². The Morgan fingerprint density at radius 2 is 1.68 bits per heavy atom. The molecule has 2 aromatic heterocycles. The van der Waals surface area contributed by atoms with E-state index in [0.717, 1.165) is 78.7 Å². The second kappa shape index (κ2) is 10.2. The summed E-state index contributed by atoms with van der Waals surface area (Å²) < 4.78 is 8.12. The van der Waals surface area contributed by atoms with Crippen LogP contribution in [0.15, 0.2) is 67.1 Å². The molecular weight excluding hydrogens is 444 g/mol. The molecule has 176 valence electrons. The van der Waals surface area contributed by atoms with Gasteiger partial charge in [0.15, 0.2) is 0 Å². The Morgan fingerprint density at radius 1 is 0.912 bits per heavy atom. The average Bonchev–Trinajstić information content (AvgIpc) is 3.25. The van der Waals surface area contributed by atoms with Crippen LogP contribution in [0, 0.1) is 0 Å². The molecule has 1 aliphatic heterocycles. The first-order valence-electron chi connectivity index (χ1n) is 11.9. The summed E-state index contributed by atoms with van der Waals surface area (Å²) in [6.07, 6.45) is 7.22. The van der Waals surface area contributed by atoms with Crippen LogP contribution < -0.4 is 4.74 Å². The molecule has 4 aromatic rings. The van der Waals surface area contributed by atoms with Gasteiger partial charge in [-0.1, -0.05) is 35.9 Å². The molecule has 34 heavy (non-hydrogen) atoms. The fourth-order valence-corrected chi connectivity index (χ4v) is 4.95. The highest BCUT2D eigenvalue weighted by molar-refractivity contribution is 6.30. The molecule has 3 heterocycles. The third kappa shape index (κ3) is 4.83. The van der Waals surface area contributed by atoms with Crippen LogP contribution in [-0.4, -0.2) is 66.2 Å². The molecule has 0 bridgehead atoms. The highest BCUT2D eigenvalue weighted by Gasteiger charge is 2.17. The number of fused-ring (bicyclic) bond motifs is 1. The van der Waals surface area contributed by atoms with Crippen LogP contribution in [-0.2, 0) is 6.54 Å². The van der Waals surface area contributed by atoms with E-state index >= 15 is 0 Å². The Bertz CT molecular complexity index is 1260. The topological polar surface area (TPSA) is 33.5 Å². The number of methoxy groups -OCH3 is 1. The van der Waals surface area contributed by atoms with Crippen molar-refractivity contribution in [2.75, 3.05) is 46.9 Å². The van der Waals surface area contributed by atoms with E-state index in [0.29, 0.717) is 0 Å². The zero-order chi connectivity index (χ0) is 23.5. The lowest BCUT2D eigenvalue weighted by Gasteiger charge is -2.32.